The Morgan fingerprint density at radius 2 is 1.19 bits per heavy atom. The molecule has 0 aliphatic carbocycles. The SMILES string of the molecule is Cc1cccc([C@@H]2[C@@H](F)[C@]3(c4ccccc4)O[C@@]2(c2ccccc2)c2ccccc23)c1. The van der Waals surface area contributed by atoms with Crippen LogP contribution in [-0.4, -0.2) is 6.17 Å². The minimum absolute atomic E-state index is 0.454. The lowest BCUT2D eigenvalue weighted by molar-refractivity contribution is -0.0567. The predicted octanol–water partition coefficient (Wildman–Crippen LogP) is 6.65. The second-order valence-electron chi connectivity index (χ2n) is 8.64. The van der Waals surface area contributed by atoms with Crippen LogP contribution in [0.5, 0.6) is 0 Å². The zero-order valence-corrected chi connectivity index (χ0v) is 17.3. The van der Waals surface area contributed by atoms with Crippen molar-refractivity contribution in [1.82, 2.24) is 0 Å². The molecule has 152 valence electrons. The first-order valence-corrected chi connectivity index (χ1v) is 10.8. The van der Waals surface area contributed by atoms with E-state index >= 15 is 4.39 Å². The molecule has 31 heavy (non-hydrogen) atoms. The van der Waals surface area contributed by atoms with Gasteiger partial charge in [-0.1, -0.05) is 115 Å². The maximum atomic E-state index is 16.9. The zero-order chi connectivity index (χ0) is 21.1. The summed E-state index contributed by atoms with van der Waals surface area (Å²) in [7, 11) is 0. The number of ether oxygens (including phenoxy) is 1. The van der Waals surface area contributed by atoms with Gasteiger partial charge in [-0.05, 0) is 34.7 Å². The molecule has 2 bridgehead atoms. The molecule has 0 N–H and O–H groups in total. The van der Waals surface area contributed by atoms with Crippen LogP contribution in [0, 0.1) is 6.92 Å². The van der Waals surface area contributed by atoms with E-state index in [9.17, 15) is 0 Å². The van der Waals surface area contributed by atoms with Crippen LogP contribution in [-0.2, 0) is 15.9 Å². The molecule has 4 aromatic carbocycles. The normalized spacial score (nSPS) is 28.5. The van der Waals surface area contributed by atoms with Crippen LogP contribution in [0.15, 0.2) is 109 Å². The van der Waals surface area contributed by atoms with E-state index in [1.54, 1.807) is 0 Å². The van der Waals surface area contributed by atoms with E-state index in [0.717, 1.165) is 33.4 Å². The number of benzene rings is 4. The van der Waals surface area contributed by atoms with Gasteiger partial charge in [0.2, 0.25) is 0 Å². The van der Waals surface area contributed by atoms with Crippen molar-refractivity contribution in [3.8, 4) is 0 Å². The molecule has 0 amide bonds. The number of alkyl halides is 1. The molecule has 0 spiro atoms. The topological polar surface area (TPSA) is 9.23 Å². The van der Waals surface area contributed by atoms with Gasteiger partial charge in [0, 0.05) is 0 Å². The van der Waals surface area contributed by atoms with Crippen LogP contribution in [0.3, 0.4) is 0 Å². The van der Waals surface area contributed by atoms with Crippen molar-refractivity contribution >= 4 is 0 Å². The van der Waals surface area contributed by atoms with Gasteiger partial charge in [-0.15, -0.1) is 0 Å². The summed E-state index contributed by atoms with van der Waals surface area (Å²) < 4.78 is 24.0. The number of halogens is 1. The van der Waals surface area contributed by atoms with Gasteiger partial charge >= 0.3 is 0 Å². The highest BCUT2D eigenvalue weighted by molar-refractivity contribution is 5.61. The number of hydrogen-bond acceptors (Lipinski definition) is 1. The molecule has 6 rings (SSSR count). The molecule has 2 heterocycles. The minimum atomic E-state index is -1.23. The molecular formula is C29H23FO. The van der Waals surface area contributed by atoms with Gasteiger partial charge in [0.05, 0.1) is 5.92 Å². The lowest BCUT2D eigenvalue weighted by Crippen LogP contribution is -2.40. The molecular weight excluding hydrogens is 383 g/mol. The summed E-state index contributed by atoms with van der Waals surface area (Å²) in [5.74, 6) is -0.454. The Morgan fingerprint density at radius 3 is 1.81 bits per heavy atom. The highest BCUT2D eigenvalue weighted by atomic mass is 19.1. The summed E-state index contributed by atoms with van der Waals surface area (Å²) in [5, 5.41) is 0. The summed E-state index contributed by atoms with van der Waals surface area (Å²) in [5.41, 5.74) is 3.92. The molecule has 1 nitrogen and oxygen atoms in total. The van der Waals surface area contributed by atoms with Gasteiger partial charge < -0.3 is 4.74 Å². The van der Waals surface area contributed by atoms with Gasteiger partial charge in [0.1, 0.15) is 11.8 Å². The van der Waals surface area contributed by atoms with Crippen LogP contribution >= 0.6 is 0 Å². The van der Waals surface area contributed by atoms with Gasteiger partial charge in [-0.3, -0.25) is 0 Å². The molecule has 2 heteroatoms. The zero-order valence-electron chi connectivity index (χ0n) is 17.3. The Bertz CT molecular complexity index is 1250. The van der Waals surface area contributed by atoms with E-state index in [1.165, 1.54) is 0 Å². The molecule has 0 aromatic heterocycles. The maximum Gasteiger partial charge on any atom is 0.152 e. The van der Waals surface area contributed by atoms with Crippen LogP contribution in [0.2, 0.25) is 0 Å². The monoisotopic (exact) mass is 406 g/mol. The van der Waals surface area contributed by atoms with Crippen molar-refractivity contribution in [2.45, 2.75) is 30.2 Å². The number of hydrogen-bond donors (Lipinski definition) is 0. The highest BCUT2D eigenvalue weighted by Crippen LogP contribution is 2.69. The minimum Gasteiger partial charge on any atom is -0.346 e. The molecule has 4 aromatic rings. The summed E-state index contributed by atoms with van der Waals surface area (Å²) in [6.07, 6.45) is -1.23. The van der Waals surface area contributed by atoms with Crippen LogP contribution in [0.25, 0.3) is 0 Å². The van der Waals surface area contributed by atoms with E-state index in [2.05, 4.69) is 37.3 Å². The maximum absolute atomic E-state index is 16.9. The average molecular weight is 407 g/mol. The van der Waals surface area contributed by atoms with Crippen molar-refractivity contribution in [3.05, 3.63) is 143 Å². The molecule has 2 aliphatic heterocycles. The van der Waals surface area contributed by atoms with Crippen molar-refractivity contribution in [1.29, 1.82) is 0 Å². The fourth-order valence-corrected chi connectivity index (χ4v) is 5.78. The third-order valence-electron chi connectivity index (χ3n) is 6.97. The number of aryl methyl sites for hydroxylation is 1. The van der Waals surface area contributed by atoms with Crippen molar-refractivity contribution in [2.75, 3.05) is 0 Å². The Labute approximate surface area is 182 Å². The fraction of sp³-hybridized carbons (Fsp3) is 0.172. The summed E-state index contributed by atoms with van der Waals surface area (Å²) in [4.78, 5) is 0. The molecule has 2 aliphatic rings. The highest BCUT2D eigenvalue weighted by Gasteiger charge is 2.72. The van der Waals surface area contributed by atoms with Gasteiger partial charge in [-0.2, -0.15) is 0 Å². The van der Waals surface area contributed by atoms with E-state index in [-0.39, 0.29) is 0 Å². The molecule has 0 saturated carbocycles. The summed E-state index contributed by atoms with van der Waals surface area (Å²) in [6, 6.07) is 36.4. The first-order valence-electron chi connectivity index (χ1n) is 10.8. The fourth-order valence-electron chi connectivity index (χ4n) is 5.78. The van der Waals surface area contributed by atoms with E-state index < -0.39 is 23.3 Å². The Morgan fingerprint density at radius 1 is 0.645 bits per heavy atom. The van der Waals surface area contributed by atoms with E-state index in [1.807, 2.05) is 78.9 Å². The second kappa shape index (κ2) is 6.63. The quantitative estimate of drug-likeness (QED) is 0.370. The lowest BCUT2D eigenvalue weighted by atomic mass is 9.63. The summed E-state index contributed by atoms with van der Waals surface area (Å²) >= 11 is 0. The van der Waals surface area contributed by atoms with E-state index in [0.29, 0.717) is 0 Å². The summed E-state index contributed by atoms with van der Waals surface area (Å²) in [6.45, 7) is 2.06. The van der Waals surface area contributed by atoms with Gasteiger partial charge in [-0.25, -0.2) is 4.39 Å². The van der Waals surface area contributed by atoms with Gasteiger partial charge in [0.15, 0.2) is 5.60 Å². The third-order valence-corrected chi connectivity index (χ3v) is 6.97. The first-order chi connectivity index (χ1) is 15.2. The number of rotatable bonds is 3. The Kier molecular flexibility index (Phi) is 3.97. The molecule has 0 radical (unpaired) electrons. The van der Waals surface area contributed by atoms with Crippen molar-refractivity contribution in [3.63, 3.8) is 0 Å². The Hall–Kier alpha value is -3.23. The average Bonchev–Trinajstić information content (AvgIpc) is 3.29. The standard InChI is InChI=1S/C29H23FO/c1-20-11-10-12-21(19-20)26-27(30)29(23-15-6-3-7-16-23)25-18-9-8-17-24(25)28(26,31-29)22-13-4-2-5-14-22/h2-19,26-27H,1H3/t26-,27-,28+,29-/m1/s1. The molecule has 1 fully saturated rings. The lowest BCUT2D eigenvalue weighted by Gasteiger charge is -2.37. The largest absolute Gasteiger partial charge is 0.346 e. The third kappa shape index (κ3) is 2.34. The van der Waals surface area contributed by atoms with Crippen LogP contribution in [0.4, 0.5) is 4.39 Å². The molecule has 1 saturated heterocycles. The predicted molar refractivity (Wildman–Crippen MR) is 121 cm³/mol. The van der Waals surface area contributed by atoms with Crippen molar-refractivity contribution < 1.29 is 9.13 Å². The van der Waals surface area contributed by atoms with Crippen molar-refractivity contribution in [2.24, 2.45) is 0 Å². The van der Waals surface area contributed by atoms with Crippen LogP contribution in [0.1, 0.15) is 39.3 Å². The Balaban J connectivity index is 1.72. The number of fused-ring (bicyclic) bond motifs is 5. The molecule has 0 unspecified atom stereocenters. The second-order valence-corrected chi connectivity index (χ2v) is 8.64. The van der Waals surface area contributed by atoms with Crippen LogP contribution < -0.4 is 0 Å². The first kappa shape index (κ1) is 18.5. The smallest absolute Gasteiger partial charge is 0.152 e. The molecule has 4 atom stereocenters. The van der Waals surface area contributed by atoms with Gasteiger partial charge in [0.25, 0.3) is 0 Å². The van der Waals surface area contributed by atoms with E-state index in [4.69, 9.17) is 4.74 Å².